The molecule has 0 spiro atoms. The molecule has 0 aliphatic heterocycles. The summed E-state index contributed by atoms with van der Waals surface area (Å²) in [5, 5.41) is 0. The Bertz CT molecular complexity index is 860. The zero-order valence-corrected chi connectivity index (χ0v) is 15.9. The fourth-order valence-corrected chi connectivity index (χ4v) is 3.42. The first kappa shape index (κ1) is 19.9. The van der Waals surface area contributed by atoms with E-state index in [9.17, 15) is 13.2 Å². The van der Waals surface area contributed by atoms with E-state index in [2.05, 4.69) is 9.46 Å². The molecule has 0 bridgehead atoms. The summed E-state index contributed by atoms with van der Waals surface area (Å²) in [6.07, 6.45) is 0. The Hall–Kier alpha value is -2.38. The van der Waals surface area contributed by atoms with Gasteiger partial charge < -0.3 is 9.47 Å². The van der Waals surface area contributed by atoms with Crippen LogP contribution in [0, 0.1) is 13.8 Å². The molecule has 7 heteroatoms. The Morgan fingerprint density at radius 1 is 1.04 bits per heavy atom. The number of esters is 1. The van der Waals surface area contributed by atoms with Gasteiger partial charge in [-0.25, -0.2) is 17.9 Å². The average Bonchev–Trinajstić information content (AvgIpc) is 2.61. The van der Waals surface area contributed by atoms with Crippen LogP contribution in [0.2, 0.25) is 0 Å². The van der Waals surface area contributed by atoms with Crippen molar-refractivity contribution < 1.29 is 22.7 Å². The first-order valence-corrected chi connectivity index (χ1v) is 9.80. The highest BCUT2D eigenvalue weighted by molar-refractivity contribution is 7.88. The second-order valence-electron chi connectivity index (χ2n) is 5.94. The molecule has 0 aliphatic carbocycles. The smallest absolute Gasteiger partial charge is 0.337 e. The lowest BCUT2D eigenvalue weighted by atomic mass is 10.1. The van der Waals surface area contributed by atoms with Crippen LogP contribution in [-0.2, 0) is 20.5 Å². The van der Waals surface area contributed by atoms with Crippen LogP contribution >= 0.6 is 0 Å². The SMILES string of the molecule is COC(=O)c1ccc(CS(=O)(=O)NCCOc2ccc(C)c(C)c2)cc1. The highest BCUT2D eigenvalue weighted by Crippen LogP contribution is 2.16. The van der Waals surface area contributed by atoms with Crippen molar-refractivity contribution in [1.82, 2.24) is 4.72 Å². The maximum atomic E-state index is 12.1. The molecule has 0 saturated carbocycles. The number of sulfonamides is 1. The Labute approximate surface area is 154 Å². The van der Waals surface area contributed by atoms with Crippen molar-refractivity contribution in [2.75, 3.05) is 20.3 Å². The molecule has 0 unspecified atom stereocenters. The van der Waals surface area contributed by atoms with Crippen molar-refractivity contribution in [1.29, 1.82) is 0 Å². The van der Waals surface area contributed by atoms with Crippen molar-refractivity contribution in [2.45, 2.75) is 19.6 Å². The molecule has 0 amide bonds. The lowest BCUT2D eigenvalue weighted by molar-refractivity contribution is 0.0600. The molecular weight excluding hydrogens is 354 g/mol. The van der Waals surface area contributed by atoms with Crippen molar-refractivity contribution in [3.63, 3.8) is 0 Å². The van der Waals surface area contributed by atoms with E-state index >= 15 is 0 Å². The number of hydrogen-bond donors (Lipinski definition) is 1. The lowest BCUT2D eigenvalue weighted by Crippen LogP contribution is -2.29. The molecule has 2 rings (SSSR count). The van der Waals surface area contributed by atoms with Gasteiger partial charge in [-0.15, -0.1) is 0 Å². The van der Waals surface area contributed by atoms with Crippen LogP contribution in [0.1, 0.15) is 27.0 Å². The van der Waals surface area contributed by atoms with Crippen molar-refractivity contribution in [3.05, 3.63) is 64.7 Å². The summed E-state index contributed by atoms with van der Waals surface area (Å²) < 4.78 is 36.9. The summed E-state index contributed by atoms with van der Waals surface area (Å²) in [4.78, 5) is 11.4. The minimum absolute atomic E-state index is 0.169. The summed E-state index contributed by atoms with van der Waals surface area (Å²) in [6, 6.07) is 12.0. The van der Waals surface area contributed by atoms with Gasteiger partial charge in [-0.1, -0.05) is 18.2 Å². The largest absolute Gasteiger partial charge is 0.492 e. The number of rotatable bonds is 8. The van der Waals surface area contributed by atoms with Gasteiger partial charge in [0.1, 0.15) is 12.4 Å². The van der Waals surface area contributed by atoms with E-state index in [1.54, 1.807) is 24.3 Å². The third-order valence-electron chi connectivity index (χ3n) is 3.90. The molecule has 2 aromatic carbocycles. The van der Waals surface area contributed by atoms with Crippen LogP contribution in [0.4, 0.5) is 0 Å². The third-order valence-corrected chi connectivity index (χ3v) is 5.26. The van der Waals surface area contributed by atoms with Gasteiger partial charge >= 0.3 is 5.97 Å². The molecule has 0 radical (unpaired) electrons. The summed E-state index contributed by atoms with van der Waals surface area (Å²) in [7, 11) is -2.19. The van der Waals surface area contributed by atoms with E-state index in [1.165, 1.54) is 12.7 Å². The van der Waals surface area contributed by atoms with Gasteiger partial charge in [0.25, 0.3) is 0 Å². The molecule has 0 heterocycles. The zero-order valence-electron chi connectivity index (χ0n) is 15.1. The highest BCUT2D eigenvalue weighted by Gasteiger charge is 2.12. The first-order valence-electron chi connectivity index (χ1n) is 8.15. The van der Waals surface area contributed by atoms with Gasteiger partial charge in [0.2, 0.25) is 10.0 Å². The topological polar surface area (TPSA) is 81.7 Å². The van der Waals surface area contributed by atoms with Gasteiger partial charge in [0.15, 0.2) is 0 Å². The van der Waals surface area contributed by atoms with Gasteiger partial charge in [0, 0.05) is 6.54 Å². The fourth-order valence-electron chi connectivity index (χ4n) is 2.30. The number of hydrogen-bond acceptors (Lipinski definition) is 5. The van der Waals surface area contributed by atoms with Gasteiger partial charge in [-0.3, -0.25) is 0 Å². The molecule has 6 nitrogen and oxygen atoms in total. The van der Waals surface area contributed by atoms with Gasteiger partial charge in [-0.2, -0.15) is 0 Å². The number of aryl methyl sites for hydroxylation is 2. The molecule has 0 atom stereocenters. The lowest BCUT2D eigenvalue weighted by Gasteiger charge is -2.10. The van der Waals surface area contributed by atoms with E-state index in [4.69, 9.17) is 4.74 Å². The predicted molar refractivity (Wildman–Crippen MR) is 99.8 cm³/mol. The van der Waals surface area contributed by atoms with Crippen LogP contribution < -0.4 is 9.46 Å². The van der Waals surface area contributed by atoms with Crippen LogP contribution in [0.5, 0.6) is 5.75 Å². The minimum atomic E-state index is -3.49. The molecular formula is C19H23NO5S. The van der Waals surface area contributed by atoms with E-state index in [0.717, 1.165) is 5.56 Å². The predicted octanol–water partition coefficient (Wildman–Crippen LogP) is 2.59. The number of ether oxygens (including phenoxy) is 2. The number of benzene rings is 2. The van der Waals surface area contributed by atoms with Gasteiger partial charge in [0.05, 0.1) is 18.4 Å². The summed E-state index contributed by atoms with van der Waals surface area (Å²) in [5.41, 5.74) is 3.26. The van der Waals surface area contributed by atoms with Crippen LogP contribution in [0.15, 0.2) is 42.5 Å². The molecule has 1 N–H and O–H groups in total. The second-order valence-corrected chi connectivity index (χ2v) is 7.74. The molecule has 140 valence electrons. The zero-order chi connectivity index (χ0) is 19.2. The van der Waals surface area contributed by atoms with Crippen LogP contribution in [-0.4, -0.2) is 34.6 Å². The first-order chi connectivity index (χ1) is 12.3. The van der Waals surface area contributed by atoms with Gasteiger partial charge in [-0.05, 0) is 54.8 Å². The van der Waals surface area contributed by atoms with E-state index in [0.29, 0.717) is 16.9 Å². The number of carbonyl (C=O) groups is 1. The quantitative estimate of drug-likeness (QED) is 0.565. The Balaban J connectivity index is 1.82. The fraction of sp³-hybridized carbons (Fsp3) is 0.316. The molecule has 2 aromatic rings. The summed E-state index contributed by atoms with van der Waals surface area (Å²) >= 11 is 0. The minimum Gasteiger partial charge on any atom is -0.492 e. The maximum Gasteiger partial charge on any atom is 0.337 e. The normalized spacial score (nSPS) is 11.2. The maximum absolute atomic E-state index is 12.1. The second kappa shape index (κ2) is 8.82. The van der Waals surface area contributed by atoms with Crippen LogP contribution in [0.3, 0.4) is 0 Å². The number of methoxy groups -OCH3 is 1. The number of carbonyl (C=O) groups excluding carboxylic acids is 1. The highest BCUT2D eigenvalue weighted by atomic mass is 32.2. The van der Waals surface area contributed by atoms with Crippen molar-refractivity contribution in [3.8, 4) is 5.75 Å². The molecule has 0 aromatic heterocycles. The molecule has 0 saturated heterocycles. The van der Waals surface area contributed by atoms with Crippen molar-refractivity contribution >= 4 is 16.0 Å². The molecule has 0 aliphatic rings. The molecule has 0 fully saturated rings. The Kier molecular flexibility index (Phi) is 6.76. The Morgan fingerprint density at radius 2 is 1.73 bits per heavy atom. The summed E-state index contributed by atoms with van der Waals surface area (Å²) in [6.45, 7) is 4.43. The molecule has 26 heavy (non-hydrogen) atoms. The third kappa shape index (κ3) is 5.86. The monoisotopic (exact) mass is 377 g/mol. The average molecular weight is 377 g/mol. The Morgan fingerprint density at radius 3 is 2.35 bits per heavy atom. The van der Waals surface area contributed by atoms with E-state index in [-0.39, 0.29) is 18.9 Å². The number of nitrogens with one attached hydrogen (secondary N) is 1. The van der Waals surface area contributed by atoms with Crippen LogP contribution in [0.25, 0.3) is 0 Å². The standard InChI is InChI=1S/C19H23NO5S/c1-14-4-9-18(12-15(14)2)25-11-10-20-26(22,23)13-16-5-7-17(8-6-16)19(21)24-3/h4-9,12,20H,10-11,13H2,1-3H3. The van der Waals surface area contributed by atoms with Crippen molar-refractivity contribution in [2.24, 2.45) is 0 Å². The van der Waals surface area contributed by atoms with E-state index in [1.807, 2.05) is 32.0 Å². The van der Waals surface area contributed by atoms with E-state index < -0.39 is 16.0 Å². The summed E-state index contributed by atoms with van der Waals surface area (Å²) in [5.74, 6) is 0.0877.